The van der Waals surface area contributed by atoms with Crippen molar-refractivity contribution in [1.82, 2.24) is 9.78 Å². The standard InChI is InChI=1S/C30H28N2O6/c1-21(2)32-27(30(35)38-20-24-16-10-5-11-17-24)25(28(33)36-18-22-12-6-3-7-13-22)26(31-32)29(34)37-19-23-14-8-4-9-15-23/h3-17,21H,18-20H2,1-2H3. The zero-order valence-corrected chi connectivity index (χ0v) is 21.2. The van der Waals surface area contributed by atoms with E-state index >= 15 is 0 Å². The number of aromatic nitrogens is 2. The number of carbonyl (C=O) groups is 3. The Kier molecular flexibility index (Phi) is 8.66. The van der Waals surface area contributed by atoms with Gasteiger partial charge in [-0.15, -0.1) is 0 Å². The lowest BCUT2D eigenvalue weighted by Crippen LogP contribution is -2.19. The van der Waals surface area contributed by atoms with E-state index in [1.165, 1.54) is 4.68 Å². The smallest absolute Gasteiger partial charge is 0.360 e. The van der Waals surface area contributed by atoms with E-state index in [9.17, 15) is 14.4 Å². The molecule has 8 heteroatoms. The average Bonchev–Trinajstić information content (AvgIpc) is 3.36. The van der Waals surface area contributed by atoms with Crippen molar-refractivity contribution in [3.63, 3.8) is 0 Å². The Hall–Kier alpha value is -4.72. The van der Waals surface area contributed by atoms with Crippen LogP contribution in [0.15, 0.2) is 91.0 Å². The van der Waals surface area contributed by atoms with Gasteiger partial charge in [0.2, 0.25) is 0 Å². The summed E-state index contributed by atoms with van der Waals surface area (Å²) in [4.78, 5) is 39.8. The van der Waals surface area contributed by atoms with Gasteiger partial charge in [0.05, 0.1) is 0 Å². The second kappa shape index (κ2) is 12.5. The summed E-state index contributed by atoms with van der Waals surface area (Å²) in [5.74, 6) is -2.53. The van der Waals surface area contributed by atoms with Crippen molar-refractivity contribution in [1.29, 1.82) is 0 Å². The molecule has 0 aliphatic rings. The summed E-state index contributed by atoms with van der Waals surface area (Å²) >= 11 is 0. The highest BCUT2D eigenvalue weighted by Crippen LogP contribution is 2.23. The lowest BCUT2D eigenvalue weighted by atomic mass is 10.1. The third kappa shape index (κ3) is 6.53. The zero-order valence-electron chi connectivity index (χ0n) is 21.2. The van der Waals surface area contributed by atoms with Crippen LogP contribution in [-0.4, -0.2) is 27.7 Å². The highest BCUT2D eigenvalue weighted by Gasteiger charge is 2.35. The molecule has 4 rings (SSSR count). The van der Waals surface area contributed by atoms with E-state index in [-0.39, 0.29) is 42.8 Å². The lowest BCUT2D eigenvalue weighted by Gasteiger charge is -2.12. The predicted octanol–water partition coefficient (Wildman–Crippen LogP) is 5.54. The quantitative estimate of drug-likeness (QED) is 0.203. The third-order valence-electron chi connectivity index (χ3n) is 5.63. The van der Waals surface area contributed by atoms with Gasteiger partial charge in [0.25, 0.3) is 0 Å². The Morgan fingerprint density at radius 2 is 1.03 bits per heavy atom. The van der Waals surface area contributed by atoms with E-state index < -0.39 is 17.9 Å². The van der Waals surface area contributed by atoms with E-state index in [0.717, 1.165) is 16.7 Å². The SMILES string of the molecule is CC(C)n1nc(C(=O)OCc2ccccc2)c(C(=O)OCc2ccccc2)c1C(=O)OCc1ccccc1. The molecule has 8 nitrogen and oxygen atoms in total. The van der Waals surface area contributed by atoms with Crippen molar-refractivity contribution in [3.05, 3.63) is 125 Å². The van der Waals surface area contributed by atoms with Gasteiger partial charge in [0.1, 0.15) is 25.4 Å². The summed E-state index contributed by atoms with van der Waals surface area (Å²) in [6.07, 6.45) is 0. The fraction of sp³-hybridized carbons (Fsp3) is 0.200. The van der Waals surface area contributed by atoms with E-state index in [0.29, 0.717) is 0 Å². The highest BCUT2D eigenvalue weighted by atomic mass is 16.5. The van der Waals surface area contributed by atoms with Gasteiger partial charge in [0, 0.05) is 6.04 Å². The van der Waals surface area contributed by atoms with Crippen LogP contribution in [0.25, 0.3) is 0 Å². The van der Waals surface area contributed by atoms with Crippen LogP contribution in [0, 0.1) is 0 Å². The molecule has 0 saturated heterocycles. The molecule has 0 fully saturated rings. The van der Waals surface area contributed by atoms with Gasteiger partial charge in [-0.2, -0.15) is 5.10 Å². The number of benzene rings is 3. The molecule has 38 heavy (non-hydrogen) atoms. The number of nitrogens with zero attached hydrogens (tertiary/aromatic N) is 2. The van der Waals surface area contributed by atoms with E-state index in [1.54, 1.807) is 38.1 Å². The molecule has 0 amide bonds. The molecule has 1 aromatic heterocycles. The minimum atomic E-state index is -0.876. The zero-order chi connectivity index (χ0) is 26.9. The highest BCUT2D eigenvalue weighted by molar-refractivity contribution is 6.09. The number of carbonyl (C=O) groups excluding carboxylic acids is 3. The minimum Gasteiger partial charge on any atom is -0.457 e. The van der Waals surface area contributed by atoms with Crippen LogP contribution >= 0.6 is 0 Å². The first-order chi connectivity index (χ1) is 18.4. The second-order valence-electron chi connectivity index (χ2n) is 8.80. The van der Waals surface area contributed by atoms with Crippen LogP contribution in [-0.2, 0) is 34.0 Å². The first-order valence-corrected chi connectivity index (χ1v) is 12.2. The summed E-state index contributed by atoms with van der Waals surface area (Å²) in [5, 5.41) is 4.31. The number of rotatable bonds is 10. The maximum atomic E-state index is 13.4. The topological polar surface area (TPSA) is 96.7 Å². The molecular weight excluding hydrogens is 484 g/mol. The van der Waals surface area contributed by atoms with Crippen molar-refractivity contribution < 1.29 is 28.6 Å². The Bertz CT molecular complexity index is 1380. The van der Waals surface area contributed by atoms with Crippen LogP contribution in [0.1, 0.15) is 67.9 Å². The number of hydrogen-bond acceptors (Lipinski definition) is 7. The van der Waals surface area contributed by atoms with Gasteiger partial charge >= 0.3 is 17.9 Å². The molecule has 0 N–H and O–H groups in total. The van der Waals surface area contributed by atoms with Crippen LogP contribution in [0.5, 0.6) is 0 Å². The largest absolute Gasteiger partial charge is 0.457 e. The first kappa shape index (κ1) is 26.3. The van der Waals surface area contributed by atoms with Crippen LogP contribution in [0.2, 0.25) is 0 Å². The van der Waals surface area contributed by atoms with Crippen LogP contribution < -0.4 is 0 Å². The Labute approximate surface area is 220 Å². The first-order valence-electron chi connectivity index (χ1n) is 12.2. The van der Waals surface area contributed by atoms with E-state index in [2.05, 4.69) is 5.10 Å². The fourth-order valence-corrected chi connectivity index (χ4v) is 3.72. The molecule has 0 unspecified atom stereocenters. The Balaban J connectivity index is 1.66. The summed E-state index contributed by atoms with van der Waals surface area (Å²) in [7, 11) is 0. The van der Waals surface area contributed by atoms with Crippen molar-refractivity contribution in [2.24, 2.45) is 0 Å². The molecule has 0 spiro atoms. The van der Waals surface area contributed by atoms with Crippen molar-refractivity contribution >= 4 is 17.9 Å². The van der Waals surface area contributed by atoms with Gasteiger partial charge < -0.3 is 14.2 Å². The third-order valence-corrected chi connectivity index (χ3v) is 5.63. The molecule has 0 radical (unpaired) electrons. The predicted molar refractivity (Wildman–Crippen MR) is 139 cm³/mol. The molecule has 4 aromatic rings. The van der Waals surface area contributed by atoms with Gasteiger partial charge in [0.15, 0.2) is 11.4 Å². The Morgan fingerprint density at radius 3 is 1.45 bits per heavy atom. The van der Waals surface area contributed by atoms with Crippen molar-refractivity contribution in [3.8, 4) is 0 Å². The Morgan fingerprint density at radius 1 is 0.632 bits per heavy atom. The minimum absolute atomic E-state index is 0.0186. The number of ether oxygens (including phenoxy) is 3. The van der Waals surface area contributed by atoms with Crippen LogP contribution in [0.3, 0.4) is 0 Å². The lowest BCUT2D eigenvalue weighted by molar-refractivity contribution is 0.0402. The van der Waals surface area contributed by atoms with E-state index in [1.807, 2.05) is 66.7 Å². The maximum absolute atomic E-state index is 13.4. The molecule has 3 aromatic carbocycles. The monoisotopic (exact) mass is 512 g/mol. The second-order valence-corrected chi connectivity index (χ2v) is 8.80. The molecule has 0 atom stereocenters. The normalized spacial score (nSPS) is 10.7. The summed E-state index contributed by atoms with van der Waals surface area (Å²) in [6, 6.07) is 27.0. The van der Waals surface area contributed by atoms with Gasteiger partial charge in [-0.05, 0) is 30.5 Å². The van der Waals surface area contributed by atoms with Gasteiger partial charge in [-0.1, -0.05) is 91.0 Å². The van der Waals surface area contributed by atoms with Gasteiger partial charge in [-0.25, -0.2) is 14.4 Å². The van der Waals surface area contributed by atoms with Crippen molar-refractivity contribution in [2.45, 2.75) is 39.7 Å². The van der Waals surface area contributed by atoms with Crippen LogP contribution in [0.4, 0.5) is 0 Å². The number of esters is 3. The summed E-state index contributed by atoms with van der Waals surface area (Å²) in [6.45, 7) is 3.46. The number of hydrogen-bond donors (Lipinski definition) is 0. The van der Waals surface area contributed by atoms with E-state index in [4.69, 9.17) is 14.2 Å². The summed E-state index contributed by atoms with van der Waals surface area (Å²) < 4.78 is 17.8. The maximum Gasteiger partial charge on any atom is 0.360 e. The average molecular weight is 513 g/mol. The molecule has 1 heterocycles. The van der Waals surface area contributed by atoms with Crippen molar-refractivity contribution in [2.75, 3.05) is 0 Å². The fourth-order valence-electron chi connectivity index (χ4n) is 3.72. The molecule has 0 aliphatic heterocycles. The molecule has 0 bridgehead atoms. The molecule has 0 saturated carbocycles. The molecular formula is C30H28N2O6. The summed E-state index contributed by atoms with van der Waals surface area (Å²) in [5.41, 5.74) is 1.52. The van der Waals surface area contributed by atoms with Gasteiger partial charge in [-0.3, -0.25) is 4.68 Å². The molecule has 194 valence electrons. The molecule has 0 aliphatic carbocycles.